The molecule has 6 heteroatoms. The van der Waals surface area contributed by atoms with E-state index in [1.807, 2.05) is 36.0 Å². The van der Waals surface area contributed by atoms with Crippen molar-refractivity contribution in [3.8, 4) is 5.75 Å². The van der Waals surface area contributed by atoms with Crippen LogP contribution >= 0.6 is 0 Å². The Morgan fingerprint density at radius 1 is 1.52 bits per heavy atom. The largest absolute Gasteiger partial charge is 0.492 e. The molecule has 1 atom stereocenters. The molecular weight excluding hydrogens is 294 g/mol. The number of likely N-dealkylation sites (tertiary alicyclic amines) is 1. The molecule has 6 nitrogen and oxygen atoms in total. The van der Waals surface area contributed by atoms with Gasteiger partial charge in [-0.05, 0) is 32.6 Å². The summed E-state index contributed by atoms with van der Waals surface area (Å²) in [6, 6.07) is 3.78. The molecule has 2 aliphatic heterocycles. The molecule has 0 radical (unpaired) electrons. The average Bonchev–Trinajstić information content (AvgIpc) is 2.94. The van der Waals surface area contributed by atoms with E-state index < -0.39 is 0 Å². The molecule has 2 aliphatic rings. The highest BCUT2D eigenvalue weighted by molar-refractivity contribution is 5.77. The van der Waals surface area contributed by atoms with Gasteiger partial charge in [0.1, 0.15) is 11.4 Å². The zero-order valence-corrected chi connectivity index (χ0v) is 13.9. The summed E-state index contributed by atoms with van der Waals surface area (Å²) in [6.45, 7) is 3.55. The molecule has 1 aromatic heterocycles. The molecular formula is C17H25N3O3. The Morgan fingerprint density at radius 3 is 3.04 bits per heavy atom. The third-order valence-corrected chi connectivity index (χ3v) is 4.73. The smallest absolute Gasteiger partial charge is 0.224 e. The van der Waals surface area contributed by atoms with E-state index in [1.54, 1.807) is 12.4 Å². The molecule has 0 aromatic carbocycles. The average molecular weight is 319 g/mol. The van der Waals surface area contributed by atoms with E-state index in [1.165, 1.54) is 0 Å². The first-order valence-electron chi connectivity index (χ1n) is 8.18. The number of aromatic nitrogens is 1. The predicted octanol–water partition coefficient (Wildman–Crippen LogP) is 1.03. The molecule has 0 aliphatic carbocycles. The molecule has 23 heavy (non-hydrogen) atoms. The Kier molecular flexibility index (Phi) is 4.82. The molecule has 126 valence electrons. The summed E-state index contributed by atoms with van der Waals surface area (Å²) in [6.07, 6.45) is 5.01. The van der Waals surface area contributed by atoms with Crippen LogP contribution < -0.4 is 4.74 Å². The summed E-state index contributed by atoms with van der Waals surface area (Å²) in [5.74, 6) is 1.33. The van der Waals surface area contributed by atoms with Crippen molar-refractivity contribution in [3.63, 3.8) is 0 Å². The molecule has 1 spiro atoms. The van der Waals surface area contributed by atoms with E-state index in [0.29, 0.717) is 32.0 Å². The fourth-order valence-electron chi connectivity index (χ4n) is 3.25. The van der Waals surface area contributed by atoms with Gasteiger partial charge >= 0.3 is 0 Å². The molecule has 1 amide bonds. The molecule has 0 saturated carbocycles. The van der Waals surface area contributed by atoms with E-state index in [9.17, 15) is 4.79 Å². The van der Waals surface area contributed by atoms with Crippen LogP contribution in [0.4, 0.5) is 0 Å². The monoisotopic (exact) mass is 319 g/mol. The van der Waals surface area contributed by atoms with Crippen LogP contribution in [0.3, 0.4) is 0 Å². The minimum Gasteiger partial charge on any atom is -0.492 e. The normalized spacial score (nSPS) is 22.4. The van der Waals surface area contributed by atoms with Crippen molar-refractivity contribution in [3.05, 3.63) is 24.5 Å². The lowest BCUT2D eigenvalue weighted by molar-refractivity contribution is -0.167. The number of hydrogen-bond donors (Lipinski definition) is 0. The van der Waals surface area contributed by atoms with Crippen LogP contribution in [0, 0.1) is 5.92 Å². The minimum atomic E-state index is -0.198. The lowest BCUT2D eigenvalue weighted by Gasteiger charge is -2.50. The van der Waals surface area contributed by atoms with Gasteiger partial charge in [-0.3, -0.25) is 9.78 Å². The summed E-state index contributed by atoms with van der Waals surface area (Å²) in [5, 5.41) is 0. The van der Waals surface area contributed by atoms with Gasteiger partial charge in [0.25, 0.3) is 0 Å². The number of pyridine rings is 1. The quantitative estimate of drug-likeness (QED) is 0.784. The number of rotatable bonds is 6. The minimum absolute atomic E-state index is 0.198. The third-order valence-electron chi connectivity index (χ3n) is 4.73. The van der Waals surface area contributed by atoms with Crippen molar-refractivity contribution in [1.82, 2.24) is 14.8 Å². The van der Waals surface area contributed by atoms with Gasteiger partial charge in [0.15, 0.2) is 0 Å². The fourth-order valence-corrected chi connectivity index (χ4v) is 3.25. The zero-order valence-electron chi connectivity index (χ0n) is 13.9. The van der Waals surface area contributed by atoms with E-state index in [0.717, 1.165) is 25.3 Å². The van der Waals surface area contributed by atoms with Gasteiger partial charge in [-0.25, -0.2) is 0 Å². The van der Waals surface area contributed by atoms with Gasteiger partial charge in [0.05, 0.1) is 25.9 Å². The maximum Gasteiger partial charge on any atom is 0.224 e. The van der Waals surface area contributed by atoms with Crippen LogP contribution in [0.1, 0.15) is 12.8 Å². The number of carbonyl (C=O) groups excluding carboxylic acids is 1. The lowest BCUT2D eigenvalue weighted by Crippen LogP contribution is -2.66. The summed E-state index contributed by atoms with van der Waals surface area (Å²) < 4.78 is 11.8. The van der Waals surface area contributed by atoms with Gasteiger partial charge in [-0.15, -0.1) is 0 Å². The zero-order chi connectivity index (χ0) is 16.3. The molecule has 3 rings (SSSR count). The summed E-state index contributed by atoms with van der Waals surface area (Å²) in [5.41, 5.74) is -0.198. The SMILES string of the molecule is CN(C)CCC(=O)N1CC2(C1)OCCC2COc1cccnc1. The Balaban J connectivity index is 1.49. The predicted molar refractivity (Wildman–Crippen MR) is 86.3 cm³/mol. The second-order valence-corrected chi connectivity index (χ2v) is 6.70. The third kappa shape index (κ3) is 3.64. The maximum atomic E-state index is 12.2. The number of nitrogens with zero attached hydrogens (tertiary/aromatic N) is 3. The Labute approximate surface area is 137 Å². The van der Waals surface area contributed by atoms with Gasteiger partial charge in [0.2, 0.25) is 5.91 Å². The second-order valence-electron chi connectivity index (χ2n) is 6.70. The van der Waals surface area contributed by atoms with Gasteiger partial charge < -0.3 is 19.3 Å². The molecule has 2 saturated heterocycles. The Bertz CT molecular complexity index is 529. The summed E-state index contributed by atoms with van der Waals surface area (Å²) in [4.78, 5) is 20.2. The highest BCUT2D eigenvalue weighted by Crippen LogP contribution is 2.40. The molecule has 0 bridgehead atoms. The standard InChI is InChI=1S/C17H25N3O3/c1-19(2)8-5-16(21)20-12-17(13-20)14(6-9-23-17)11-22-15-4-3-7-18-10-15/h3-4,7,10,14H,5-6,8-9,11-13H2,1-2H3. The summed E-state index contributed by atoms with van der Waals surface area (Å²) >= 11 is 0. The van der Waals surface area contributed by atoms with Crippen molar-refractivity contribution in [2.24, 2.45) is 5.92 Å². The first kappa shape index (κ1) is 16.2. The van der Waals surface area contributed by atoms with E-state index in [-0.39, 0.29) is 11.5 Å². The van der Waals surface area contributed by atoms with Crippen molar-refractivity contribution < 1.29 is 14.3 Å². The van der Waals surface area contributed by atoms with Gasteiger partial charge in [-0.1, -0.05) is 0 Å². The lowest BCUT2D eigenvalue weighted by atomic mass is 9.81. The highest BCUT2D eigenvalue weighted by Gasteiger charge is 2.54. The van der Waals surface area contributed by atoms with E-state index in [2.05, 4.69) is 4.98 Å². The first-order valence-corrected chi connectivity index (χ1v) is 8.18. The fraction of sp³-hybridized carbons (Fsp3) is 0.647. The summed E-state index contributed by atoms with van der Waals surface area (Å²) in [7, 11) is 3.97. The van der Waals surface area contributed by atoms with Crippen LogP contribution in [0.2, 0.25) is 0 Å². The van der Waals surface area contributed by atoms with Crippen molar-refractivity contribution in [2.75, 3.05) is 46.9 Å². The second kappa shape index (κ2) is 6.84. The van der Waals surface area contributed by atoms with Gasteiger partial charge in [-0.2, -0.15) is 0 Å². The van der Waals surface area contributed by atoms with Crippen LogP contribution in [0.15, 0.2) is 24.5 Å². The van der Waals surface area contributed by atoms with Gasteiger partial charge in [0, 0.05) is 31.7 Å². The van der Waals surface area contributed by atoms with Crippen LogP contribution in [-0.2, 0) is 9.53 Å². The van der Waals surface area contributed by atoms with Crippen LogP contribution in [0.25, 0.3) is 0 Å². The molecule has 1 unspecified atom stereocenters. The first-order chi connectivity index (χ1) is 11.1. The van der Waals surface area contributed by atoms with Crippen molar-refractivity contribution >= 4 is 5.91 Å². The van der Waals surface area contributed by atoms with E-state index >= 15 is 0 Å². The Morgan fingerprint density at radius 2 is 2.35 bits per heavy atom. The molecule has 2 fully saturated rings. The van der Waals surface area contributed by atoms with Crippen molar-refractivity contribution in [2.45, 2.75) is 18.4 Å². The number of hydrogen-bond acceptors (Lipinski definition) is 5. The van der Waals surface area contributed by atoms with E-state index in [4.69, 9.17) is 9.47 Å². The van der Waals surface area contributed by atoms with Crippen LogP contribution in [0.5, 0.6) is 5.75 Å². The number of ether oxygens (including phenoxy) is 2. The maximum absolute atomic E-state index is 12.2. The molecule has 3 heterocycles. The highest BCUT2D eigenvalue weighted by atomic mass is 16.5. The molecule has 1 aromatic rings. The van der Waals surface area contributed by atoms with Crippen molar-refractivity contribution in [1.29, 1.82) is 0 Å². The molecule has 0 N–H and O–H groups in total. The van der Waals surface area contributed by atoms with Crippen LogP contribution in [-0.4, -0.2) is 73.2 Å². The Hall–Kier alpha value is -1.66. The topological polar surface area (TPSA) is 54.9 Å². The number of amides is 1. The number of carbonyl (C=O) groups is 1.